The number of piperidine rings is 1. The first-order valence-corrected chi connectivity index (χ1v) is 18.6. The summed E-state index contributed by atoms with van der Waals surface area (Å²) in [5, 5.41) is 12.5. The van der Waals surface area contributed by atoms with Crippen molar-refractivity contribution in [3.05, 3.63) is 125 Å². The van der Waals surface area contributed by atoms with E-state index in [-0.39, 0.29) is 36.2 Å². The Morgan fingerprint density at radius 3 is 2.19 bits per heavy atom. The summed E-state index contributed by atoms with van der Waals surface area (Å²) in [4.78, 5) is 40.7. The van der Waals surface area contributed by atoms with E-state index >= 15 is 0 Å². The van der Waals surface area contributed by atoms with E-state index in [1.807, 2.05) is 29.2 Å². The molecule has 2 heterocycles. The summed E-state index contributed by atoms with van der Waals surface area (Å²) in [6.07, 6.45) is 4.80. The lowest BCUT2D eigenvalue weighted by atomic mass is 9.69. The summed E-state index contributed by atoms with van der Waals surface area (Å²) in [6.45, 7) is 4.63. The Morgan fingerprint density at radius 1 is 0.750 bits per heavy atom. The van der Waals surface area contributed by atoms with Crippen LogP contribution in [0.25, 0.3) is 0 Å². The third kappa shape index (κ3) is 8.48. The molecule has 3 aliphatic rings. The number of rotatable bonds is 12. The van der Waals surface area contributed by atoms with Crippen molar-refractivity contribution in [2.24, 2.45) is 0 Å². The summed E-state index contributed by atoms with van der Waals surface area (Å²) in [6, 6.07) is 32.3. The van der Waals surface area contributed by atoms with Gasteiger partial charge in [0.2, 0.25) is 11.8 Å². The van der Waals surface area contributed by atoms with Gasteiger partial charge in [-0.3, -0.25) is 24.6 Å². The topological polar surface area (TPSA) is 108 Å². The largest absolute Gasteiger partial charge is 0.508 e. The van der Waals surface area contributed by atoms with E-state index < -0.39 is 0 Å². The molecule has 2 saturated heterocycles. The molecule has 3 amide bonds. The minimum atomic E-state index is -0.340. The third-order valence-electron chi connectivity index (χ3n) is 10.8. The molecule has 52 heavy (non-hydrogen) atoms. The Morgan fingerprint density at radius 2 is 1.46 bits per heavy atom. The molecule has 9 heteroatoms. The number of hydrogen-bond acceptors (Lipinski definition) is 7. The number of phenolic OH excluding ortho intramolecular Hbond substituents is 1. The summed E-state index contributed by atoms with van der Waals surface area (Å²) in [5.74, 6) is 1.50. The molecule has 2 N–H and O–H groups in total. The number of hydrogen-bond donors (Lipinski definition) is 2. The quantitative estimate of drug-likeness (QED) is 0.135. The fourth-order valence-electron chi connectivity index (χ4n) is 7.94. The minimum absolute atomic E-state index is 0.0256. The molecule has 270 valence electrons. The zero-order chi connectivity index (χ0) is 35.9. The number of piperazine rings is 1. The average molecular weight is 702 g/mol. The lowest BCUT2D eigenvalue weighted by molar-refractivity contribution is -0.135. The molecular weight excluding hydrogens is 654 g/mol. The van der Waals surface area contributed by atoms with Crippen molar-refractivity contribution in [3.8, 4) is 17.2 Å². The van der Waals surface area contributed by atoms with Crippen LogP contribution in [0.4, 0.5) is 0 Å². The molecule has 0 bridgehead atoms. The molecule has 0 aromatic heterocycles. The van der Waals surface area contributed by atoms with Gasteiger partial charge in [0, 0.05) is 38.5 Å². The summed E-state index contributed by atoms with van der Waals surface area (Å²) in [5.41, 5.74) is 5.97. The molecule has 4 aromatic rings. The average Bonchev–Trinajstić information content (AvgIpc) is 3.17. The van der Waals surface area contributed by atoms with Gasteiger partial charge >= 0.3 is 0 Å². The lowest BCUT2D eigenvalue weighted by Crippen LogP contribution is -2.50. The zero-order valence-corrected chi connectivity index (χ0v) is 29.5. The maximum atomic E-state index is 12.8. The minimum Gasteiger partial charge on any atom is -0.508 e. The normalized spacial score (nSPS) is 20.5. The highest BCUT2D eigenvalue weighted by Gasteiger charge is 2.32. The van der Waals surface area contributed by atoms with E-state index in [0.717, 1.165) is 56.6 Å². The maximum Gasteiger partial charge on any atom is 0.260 e. The highest BCUT2D eigenvalue weighted by molar-refractivity contribution is 6.00. The highest BCUT2D eigenvalue weighted by atomic mass is 16.5. The molecular formula is C43H47N3O6. The second-order valence-electron chi connectivity index (χ2n) is 14.1. The van der Waals surface area contributed by atoms with Crippen LogP contribution in [0.1, 0.15) is 77.7 Å². The number of aromatic hydroxyl groups is 1. The first-order valence-electron chi connectivity index (χ1n) is 18.6. The maximum absolute atomic E-state index is 12.8. The number of nitrogens with one attached hydrogen (secondary N) is 1. The monoisotopic (exact) mass is 701 g/mol. The number of nitrogens with zero attached hydrogens (tertiary/aromatic N) is 2. The molecule has 1 unspecified atom stereocenters. The number of amides is 3. The van der Waals surface area contributed by atoms with Gasteiger partial charge in [-0.1, -0.05) is 60.7 Å². The Kier molecular flexibility index (Phi) is 11.2. The van der Waals surface area contributed by atoms with Crippen LogP contribution in [0.3, 0.4) is 0 Å². The lowest BCUT2D eigenvalue weighted by Gasteiger charge is -2.35. The highest BCUT2D eigenvalue weighted by Crippen LogP contribution is 2.47. The van der Waals surface area contributed by atoms with Gasteiger partial charge in [-0.05, 0) is 109 Å². The van der Waals surface area contributed by atoms with Crippen molar-refractivity contribution in [1.82, 2.24) is 15.1 Å². The van der Waals surface area contributed by atoms with E-state index in [2.05, 4.69) is 70.9 Å². The fraction of sp³-hybridized carbons (Fsp3) is 0.372. The van der Waals surface area contributed by atoms with Crippen LogP contribution in [-0.4, -0.2) is 78.6 Å². The molecule has 4 aromatic carbocycles. The van der Waals surface area contributed by atoms with Crippen molar-refractivity contribution in [3.63, 3.8) is 0 Å². The number of carbonyl (C=O) groups is 3. The van der Waals surface area contributed by atoms with Gasteiger partial charge in [-0.25, -0.2) is 0 Å². The number of imide groups is 1. The number of phenols is 1. The number of aryl methyl sites for hydroxylation is 1. The van der Waals surface area contributed by atoms with Crippen LogP contribution in [0, 0.1) is 0 Å². The number of unbranched alkanes of at least 4 members (excludes halogenated alkanes) is 1. The predicted molar refractivity (Wildman–Crippen MR) is 199 cm³/mol. The van der Waals surface area contributed by atoms with Gasteiger partial charge in [0.1, 0.15) is 17.2 Å². The van der Waals surface area contributed by atoms with Crippen molar-refractivity contribution in [1.29, 1.82) is 0 Å². The summed E-state index contributed by atoms with van der Waals surface area (Å²) in [7, 11) is 0. The Bertz CT molecular complexity index is 1840. The fourth-order valence-corrected chi connectivity index (χ4v) is 7.94. The Labute approximate surface area is 305 Å². The molecule has 7 rings (SSSR count). The molecule has 2 fully saturated rings. The number of ether oxygens (including phenoxy) is 2. The Balaban J connectivity index is 0.816. The van der Waals surface area contributed by atoms with Crippen LogP contribution in [-0.2, 0) is 20.8 Å². The van der Waals surface area contributed by atoms with Crippen molar-refractivity contribution >= 4 is 17.7 Å². The van der Waals surface area contributed by atoms with Crippen molar-refractivity contribution in [2.45, 2.75) is 56.3 Å². The SMILES string of the molecule is O=C1CCC(c2ccc(OCC(=O)N3CCN(CCCCOc4ccc([C@@H]5c6ccc(O)cc6CC[C@@H]5c5ccccc5)cc4)CC3)cc2)C(=O)N1. The summed E-state index contributed by atoms with van der Waals surface area (Å²) < 4.78 is 11.9. The van der Waals surface area contributed by atoms with E-state index in [0.29, 0.717) is 50.0 Å². The van der Waals surface area contributed by atoms with Crippen LogP contribution >= 0.6 is 0 Å². The van der Waals surface area contributed by atoms with E-state index in [9.17, 15) is 19.5 Å². The molecule has 0 spiro atoms. The first kappa shape index (κ1) is 35.3. The van der Waals surface area contributed by atoms with Gasteiger partial charge in [0.25, 0.3) is 5.91 Å². The van der Waals surface area contributed by atoms with Crippen LogP contribution in [0.2, 0.25) is 0 Å². The second kappa shape index (κ2) is 16.5. The molecule has 1 aliphatic carbocycles. The van der Waals surface area contributed by atoms with E-state index in [1.165, 1.54) is 22.3 Å². The van der Waals surface area contributed by atoms with E-state index in [1.54, 1.807) is 12.1 Å². The van der Waals surface area contributed by atoms with Gasteiger partial charge in [-0.15, -0.1) is 0 Å². The third-order valence-corrected chi connectivity index (χ3v) is 10.8. The van der Waals surface area contributed by atoms with Crippen molar-refractivity contribution in [2.75, 3.05) is 45.9 Å². The van der Waals surface area contributed by atoms with Gasteiger partial charge in [-0.2, -0.15) is 0 Å². The van der Waals surface area contributed by atoms with Gasteiger partial charge in [0.15, 0.2) is 6.61 Å². The van der Waals surface area contributed by atoms with Gasteiger partial charge < -0.3 is 19.5 Å². The predicted octanol–water partition coefficient (Wildman–Crippen LogP) is 6.16. The molecule has 0 radical (unpaired) electrons. The van der Waals surface area contributed by atoms with Crippen LogP contribution < -0.4 is 14.8 Å². The zero-order valence-electron chi connectivity index (χ0n) is 29.5. The van der Waals surface area contributed by atoms with E-state index in [4.69, 9.17) is 9.47 Å². The smallest absolute Gasteiger partial charge is 0.260 e. The molecule has 9 nitrogen and oxygen atoms in total. The number of carbonyl (C=O) groups excluding carboxylic acids is 3. The Hall–Kier alpha value is -5.15. The van der Waals surface area contributed by atoms with Crippen molar-refractivity contribution < 1.29 is 29.0 Å². The van der Waals surface area contributed by atoms with Crippen LogP contribution in [0.5, 0.6) is 17.2 Å². The van der Waals surface area contributed by atoms with Gasteiger partial charge in [0.05, 0.1) is 12.5 Å². The standard InChI is InChI=1S/C43H47N3O6/c47-34-13-19-38-33(28-34)12-18-37(30-6-2-1-3-7-30)42(38)32-10-16-35(17-11-32)51-27-5-4-22-45-23-25-46(26-24-45)41(49)29-52-36-14-8-31(9-15-36)39-20-21-40(48)44-43(39)50/h1-3,6-11,13-17,19,28,37,39,42,47H,4-5,12,18,20-27,29H2,(H,44,48,50)/t37-,39?,42+/m1/s1. The molecule has 0 saturated carbocycles. The first-order chi connectivity index (χ1) is 25.4. The number of benzene rings is 4. The molecule has 3 atom stereocenters. The second-order valence-corrected chi connectivity index (χ2v) is 14.1. The van der Waals surface area contributed by atoms with Crippen LogP contribution in [0.15, 0.2) is 97.1 Å². The summed E-state index contributed by atoms with van der Waals surface area (Å²) >= 11 is 0. The number of fused-ring (bicyclic) bond motifs is 1. The molecule has 2 aliphatic heterocycles.